The summed E-state index contributed by atoms with van der Waals surface area (Å²) in [6, 6.07) is 14.0. The maximum atomic E-state index is 4.63. The van der Waals surface area contributed by atoms with Gasteiger partial charge in [0.1, 0.15) is 5.01 Å². The highest BCUT2D eigenvalue weighted by molar-refractivity contribution is 9.10. The van der Waals surface area contributed by atoms with Gasteiger partial charge in [0.2, 0.25) is 0 Å². The molecule has 3 aromatic rings. The topological polar surface area (TPSA) is 25.8 Å². The molecule has 3 rings (SSSR count). The van der Waals surface area contributed by atoms with E-state index < -0.39 is 0 Å². The molecule has 0 atom stereocenters. The average Bonchev–Trinajstić information content (AvgIpc) is 2.89. The van der Waals surface area contributed by atoms with E-state index in [1.165, 1.54) is 0 Å². The second-order valence-corrected chi connectivity index (χ2v) is 5.54. The van der Waals surface area contributed by atoms with Gasteiger partial charge in [-0.25, -0.2) is 4.98 Å². The van der Waals surface area contributed by atoms with Crippen LogP contribution >= 0.6 is 27.3 Å². The van der Waals surface area contributed by atoms with Crippen LogP contribution in [0.15, 0.2) is 58.5 Å². The van der Waals surface area contributed by atoms with Gasteiger partial charge in [0.05, 0.1) is 11.4 Å². The molecule has 0 aliphatic heterocycles. The molecule has 88 valence electrons. The number of nitrogens with zero attached hydrogens (tertiary/aromatic N) is 2. The van der Waals surface area contributed by atoms with Crippen molar-refractivity contribution in [3.8, 4) is 22.0 Å². The Bertz CT molecular complexity index is 664. The number of pyridine rings is 1. The van der Waals surface area contributed by atoms with E-state index in [4.69, 9.17) is 0 Å². The van der Waals surface area contributed by atoms with E-state index in [1.807, 2.05) is 30.3 Å². The Morgan fingerprint density at radius 2 is 1.94 bits per heavy atom. The van der Waals surface area contributed by atoms with Crippen LogP contribution in [-0.2, 0) is 0 Å². The summed E-state index contributed by atoms with van der Waals surface area (Å²) in [6.45, 7) is 0. The van der Waals surface area contributed by atoms with Crippen LogP contribution in [0, 0.1) is 0 Å². The van der Waals surface area contributed by atoms with Crippen LogP contribution in [0.5, 0.6) is 0 Å². The number of thiazole rings is 1. The van der Waals surface area contributed by atoms with E-state index in [0.29, 0.717) is 0 Å². The van der Waals surface area contributed by atoms with Crippen molar-refractivity contribution in [3.63, 3.8) is 0 Å². The van der Waals surface area contributed by atoms with Gasteiger partial charge in [-0.1, -0.05) is 34.1 Å². The van der Waals surface area contributed by atoms with E-state index in [1.54, 1.807) is 17.5 Å². The van der Waals surface area contributed by atoms with Crippen molar-refractivity contribution in [1.82, 2.24) is 9.97 Å². The first-order valence-electron chi connectivity index (χ1n) is 5.46. The largest absolute Gasteiger partial charge is 0.254 e. The molecule has 2 aromatic heterocycles. The normalized spacial score (nSPS) is 10.5. The average molecular weight is 317 g/mol. The Morgan fingerprint density at radius 3 is 2.72 bits per heavy atom. The number of benzene rings is 1. The van der Waals surface area contributed by atoms with Crippen molar-refractivity contribution in [2.75, 3.05) is 0 Å². The fourth-order valence-electron chi connectivity index (χ4n) is 1.66. The minimum atomic E-state index is 0.920. The lowest BCUT2D eigenvalue weighted by atomic mass is 10.2. The smallest absolute Gasteiger partial charge is 0.142 e. The molecule has 0 bridgehead atoms. The lowest BCUT2D eigenvalue weighted by Gasteiger charge is -1.97. The summed E-state index contributed by atoms with van der Waals surface area (Å²) in [5.41, 5.74) is 3.02. The standard InChI is InChI=1S/C14H9BrN2S/c15-11-5-3-4-10(8-11)13-9-18-14(17-13)12-6-1-2-7-16-12/h1-9H. The van der Waals surface area contributed by atoms with Crippen LogP contribution in [0.25, 0.3) is 22.0 Å². The summed E-state index contributed by atoms with van der Waals surface area (Å²) in [5, 5.41) is 3.01. The lowest BCUT2D eigenvalue weighted by Crippen LogP contribution is -1.82. The molecule has 2 nitrogen and oxygen atoms in total. The Balaban J connectivity index is 2.00. The molecule has 0 unspecified atom stereocenters. The Labute approximate surface area is 117 Å². The zero-order chi connectivity index (χ0) is 12.4. The minimum absolute atomic E-state index is 0.920. The number of aromatic nitrogens is 2. The molecular formula is C14H9BrN2S. The van der Waals surface area contributed by atoms with Gasteiger partial charge in [0, 0.05) is 21.6 Å². The Kier molecular flexibility index (Phi) is 3.21. The summed E-state index contributed by atoms with van der Waals surface area (Å²) in [7, 11) is 0. The first-order valence-corrected chi connectivity index (χ1v) is 7.13. The van der Waals surface area contributed by atoms with Crippen molar-refractivity contribution in [3.05, 3.63) is 58.5 Å². The fraction of sp³-hybridized carbons (Fsp3) is 0. The zero-order valence-corrected chi connectivity index (χ0v) is 11.8. The van der Waals surface area contributed by atoms with E-state index in [2.05, 4.69) is 43.4 Å². The second-order valence-electron chi connectivity index (χ2n) is 3.76. The van der Waals surface area contributed by atoms with Crippen molar-refractivity contribution in [2.24, 2.45) is 0 Å². The van der Waals surface area contributed by atoms with Crippen molar-refractivity contribution in [2.45, 2.75) is 0 Å². The van der Waals surface area contributed by atoms with Gasteiger partial charge in [0.25, 0.3) is 0 Å². The van der Waals surface area contributed by atoms with Crippen LogP contribution in [0.3, 0.4) is 0 Å². The molecule has 0 radical (unpaired) electrons. The van der Waals surface area contributed by atoms with Gasteiger partial charge < -0.3 is 0 Å². The lowest BCUT2D eigenvalue weighted by molar-refractivity contribution is 1.29. The van der Waals surface area contributed by atoms with Crippen LogP contribution in [-0.4, -0.2) is 9.97 Å². The third-order valence-electron chi connectivity index (χ3n) is 2.51. The molecule has 0 N–H and O–H groups in total. The third-order valence-corrected chi connectivity index (χ3v) is 3.87. The van der Waals surface area contributed by atoms with E-state index in [9.17, 15) is 0 Å². The zero-order valence-electron chi connectivity index (χ0n) is 9.38. The monoisotopic (exact) mass is 316 g/mol. The molecule has 0 saturated heterocycles. The molecule has 0 saturated carbocycles. The van der Waals surface area contributed by atoms with Gasteiger partial charge in [-0.2, -0.15) is 0 Å². The van der Waals surface area contributed by atoms with Crippen LogP contribution in [0.4, 0.5) is 0 Å². The van der Waals surface area contributed by atoms with E-state index >= 15 is 0 Å². The highest BCUT2D eigenvalue weighted by Gasteiger charge is 2.07. The summed E-state index contributed by atoms with van der Waals surface area (Å²) >= 11 is 5.09. The van der Waals surface area contributed by atoms with Crippen molar-refractivity contribution >= 4 is 27.3 Å². The molecule has 0 spiro atoms. The van der Waals surface area contributed by atoms with Gasteiger partial charge in [0.15, 0.2) is 0 Å². The molecule has 0 fully saturated rings. The quantitative estimate of drug-likeness (QED) is 0.688. The van der Waals surface area contributed by atoms with Gasteiger partial charge in [-0.15, -0.1) is 11.3 Å². The molecule has 18 heavy (non-hydrogen) atoms. The number of rotatable bonds is 2. The van der Waals surface area contributed by atoms with Crippen LogP contribution in [0.2, 0.25) is 0 Å². The maximum absolute atomic E-state index is 4.63. The van der Waals surface area contributed by atoms with Gasteiger partial charge in [-0.05, 0) is 24.3 Å². The molecule has 0 aliphatic carbocycles. The molecular weight excluding hydrogens is 308 g/mol. The predicted octanol–water partition coefficient (Wildman–Crippen LogP) is 4.63. The van der Waals surface area contributed by atoms with Crippen LogP contribution in [0.1, 0.15) is 0 Å². The van der Waals surface area contributed by atoms with Crippen molar-refractivity contribution in [1.29, 1.82) is 0 Å². The highest BCUT2D eigenvalue weighted by atomic mass is 79.9. The molecule has 1 aromatic carbocycles. The summed E-state index contributed by atoms with van der Waals surface area (Å²) < 4.78 is 1.06. The predicted molar refractivity (Wildman–Crippen MR) is 78.5 cm³/mol. The third kappa shape index (κ3) is 2.35. The second kappa shape index (κ2) is 5.00. The van der Waals surface area contributed by atoms with E-state index in [-0.39, 0.29) is 0 Å². The molecule has 0 aliphatic rings. The first-order chi connectivity index (χ1) is 8.83. The van der Waals surface area contributed by atoms with E-state index in [0.717, 1.165) is 26.4 Å². The van der Waals surface area contributed by atoms with Crippen molar-refractivity contribution < 1.29 is 0 Å². The minimum Gasteiger partial charge on any atom is -0.254 e. The highest BCUT2D eigenvalue weighted by Crippen LogP contribution is 2.28. The summed E-state index contributed by atoms with van der Waals surface area (Å²) in [6.07, 6.45) is 1.79. The SMILES string of the molecule is Brc1cccc(-c2csc(-c3ccccn3)n2)c1. The van der Waals surface area contributed by atoms with Crippen LogP contribution < -0.4 is 0 Å². The Morgan fingerprint density at radius 1 is 1.00 bits per heavy atom. The summed E-state index contributed by atoms with van der Waals surface area (Å²) in [5.74, 6) is 0. The Hall–Kier alpha value is -1.52. The molecule has 4 heteroatoms. The summed E-state index contributed by atoms with van der Waals surface area (Å²) in [4.78, 5) is 8.94. The molecule has 2 heterocycles. The number of hydrogen-bond donors (Lipinski definition) is 0. The first kappa shape index (κ1) is 11.6. The maximum Gasteiger partial charge on any atom is 0.142 e. The fourth-order valence-corrected chi connectivity index (χ4v) is 2.86. The molecule has 0 amide bonds. The van der Waals surface area contributed by atoms with Gasteiger partial charge >= 0.3 is 0 Å². The number of halogens is 1. The number of hydrogen-bond acceptors (Lipinski definition) is 3. The van der Waals surface area contributed by atoms with Gasteiger partial charge in [-0.3, -0.25) is 4.98 Å².